The lowest BCUT2D eigenvalue weighted by molar-refractivity contribution is -0.129. The number of halogens is 1. The number of hydrogen-bond acceptors (Lipinski definition) is 2. The van der Waals surface area contributed by atoms with E-state index in [-0.39, 0.29) is 11.5 Å². The second-order valence-corrected chi connectivity index (χ2v) is 5.60. The van der Waals surface area contributed by atoms with Gasteiger partial charge in [0.15, 0.2) is 0 Å². The van der Waals surface area contributed by atoms with Crippen LogP contribution in [0.25, 0.3) is 0 Å². The van der Waals surface area contributed by atoms with Crippen LogP contribution in [-0.4, -0.2) is 28.5 Å². The van der Waals surface area contributed by atoms with Crippen molar-refractivity contribution in [2.24, 2.45) is 7.05 Å². The molecule has 1 aromatic rings. The van der Waals surface area contributed by atoms with Crippen molar-refractivity contribution in [3.05, 3.63) is 32.7 Å². The molecule has 0 N–H and O–H groups in total. The van der Waals surface area contributed by atoms with E-state index in [9.17, 15) is 9.59 Å². The summed E-state index contributed by atoms with van der Waals surface area (Å²) >= 11 is 3.25. The van der Waals surface area contributed by atoms with Gasteiger partial charge in [-0.05, 0) is 40.9 Å². The fourth-order valence-electron chi connectivity index (χ4n) is 2.52. The topological polar surface area (TPSA) is 42.3 Å². The van der Waals surface area contributed by atoms with E-state index in [1.54, 1.807) is 18.5 Å². The molecule has 1 fully saturated rings. The van der Waals surface area contributed by atoms with E-state index in [1.165, 1.54) is 0 Å². The van der Waals surface area contributed by atoms with Crippen LogP contribution in [0.2, 0.25) is 0 Å². The fourth-order valence-corrected chi connectivity index (χ4v) is 2.92. The largest absolute Gasteiger partial charge is 0.343 e. The minimum absolute atomic E-state index is 0.00139. The number of nitrogens with zero attached hydrogens (tertiary/aromatic N) is 2. The van der Waals surface area contributed by atoms with Crippen molar-refractivity contribution in [3.63, 3.8) is 0 Å². The summed E-state index contributed by atoms with van der Waals surface area (Å²) in [5.41, 5.74) is 1.06. The van der Waals surface area contributed by atoms with E-state index < -0.39 is 0 Å². The molecular weight excluding hydrogens is 296 g/mol. The van der Waals surface area contributed by atoms with Crippen LogP contribution in [0.3, 0.4) is 0 Å². The van der Waals surface area contributed by atoms with E-state index in [1.807, 2.05) is 17.0 Å². The number of rotatable bonds is 1. The molecule has 1 saturated heterocycles. The Kier molecular flexibility index (Phi) is 3.90. The first-order valence-corrected chi connectivity index (χ1v) is 6.91. The van der Waals surface area contributed by atoms with E-state index in [2.05, 4.69) is 15.9 Å². The molecule has 0 saturated carbocycles. The summed E-state index contributed by atoms with van der Waals surface area (Å²) in [6, 6.07) is 3.81. The van der Waals surface area contributed by atoms with Gasteiger partial charge in [0.05, 0.1) is 4.47 Å². The summed E-state index contributed by atoms with van der Waals surface area (Å²) in [6.45, 7) is 3.17. The van der Waals surface area contributed by atoms with Crippen molar-refractivity contribution in [2.75, 3.05) is 13.1 Å². The number of likely N-dealkylation sites (tertiary alicyclic amines) is 1. The highest BCUT2D eigenvalue weighted by atomic mass is 79.9. The molecule has 1 aliphatic heterocycles. The van der Waals surface area contributed by atoms with Gasteiger partial charge in [-0.2, -0.15) is 0 Å². The number of hydrogen-bond donors (Lipinski definition) is 0. The van der Waals surface area contributed by atoms with Crippen LogP contribution in [0.1, 0.15) is 31.4 Å². The summed E-state index contributed by atoms with van der Waals surface area (Å²) in [5.74, 6) is 0.504. The van der Waals surface area contributed by atoms with Crippen molar-refractivity contribution in [1.82, 2.24) is 9.47 Å². The lowest BCUT2D eigenvalue weighted by Crippen LogP contribution is -2.37. The van der Waals surface area contributed by atoms with Gasteiger partial charge in [0.25, 0.3) is 5.56 Å². The lowest BCUT2D eigenvalue weighted by Gasteiger charge is -2.32. The number of aromatic nitrogens is 1. The molecule has 2 heterocycles. The quantitative estimate of drug-likeness (QED) is 0.794. The van der Waals surface area contributed by atoms with E-state index >= 15 is 0 Å². The summed E-state index contributed by atoms with van der Waals surface area (Å²) in [5, 5.41) is 0. The maximum absolute atomic E-state index is 11.9. The molecular formula is C13H17BrN2O2. The number of amides is 1. The van der Waals surface area contributed by atoms with Gasteiger partial charge < -0.3 is 9.47 Å². The Bertz CT molecular complexity index is 516. The Morgan fingerprint density at radius 1 is 1.33 bits per heavy atom. The minimum atomic E-state index is 0.00139. The van der Waals surface area contributed by atoms with Crippen LogP contribution in [-0.2, 0) is 11.8 Å². The third kappa shape index (κ3) is 2.51. The zero-order valence-corrected chi connectivity index (χ0v) is 12.2. The van der Waals surface area contributed by atoms with E-state index in [4.69, 9.17) is 0 Å². The van der Waals surface area contributed by atoms with Gasteiger partial charge >= 0.3 is 0 Å². The second kappa shape index (κ2) is 5.26. The maximum Gasteiger partial charge on any atom is 0.264 e. The number of pyridine rings is 1. The summed E-state index contributed by atoms with van der Waals surface area (Å²) < 4.78 is 2.30. The van der Waals surface area contributed by atoms with Gasteiger partial charge in [-0.1, -0.05) is 0 Å². The highest BCUT2D eigenvalue weighted by Crippen LogP contribution is 2.27. The third-order valence-corrected chi connectivity index (χ3v) is 4.26. The monoisotopic (exact) mass is 312 g/mol. The predicted molar refractivity (Wildman–Crippen MR) is 73.6 cm³/mol. The van der Waals surface area contributed by atoms with E-state index in [0.717, 1.165) is 31.6 Å². The van der Waals surface area contributed by atoms with Crippen LogP contribution in [0, 0.1) is 0 Å². The van der Waals surface area contributed by atoms with Gasteiger partial charge in [-0.15, -0.1) is 0 Å². The first-order valence-electron chi connectivity index (χ1n) is 6.11. The van der Waals surface area contributed by atoms with Crippen LogP contribution in [0.15, 0.2) is 21.4 Å². The summed E-state index contributed by atoms with van der Waals surface area (Å²) in [6.07, 6.45) is 1.85. The SMILES string of the molecule is CC(=O)N1CCC(c2ccc(Br)c(=O)n2C)CC1. The Hall–Kier alpha value is -1.10. The molecule has 0 spiro atoms. The van der Waals surface area contributed by atoms with Crippen molar-refractivity contribution in [1.29, 1.82) is 0 Å². The molecule has 1 aromatic heterocycles. The zero-order valence-electron chi connectivity index (χ0n) is 10.6. The molecule has 4 nitrogen and oxygen atoms in total. The molecule has 5 heteroatoms. The van der Waals surface area contributed by atoms with Gasteiger partial charge in [0, 0.05) is 38.7 Å². The second-order valence-electron chi connectivity index (χ2n) is 4.75. The maximum atomic E-state index is 11.9. The molecule has 0 aromatic carbocycles. The third-order valence-electron chi connectivity index (χ3n) is 3.66. The smallest absolute Gasteiger partial charge is 0.264 e. The molecule has 1 aliphatic rings. The zero-order chi connectivity index (χ0) is 13.3. The highest BCUT2D eigenvalue weighted by molar-refractivity contribution is 9.10. The Balaban J connectivity index is 2.18. The molecule has 0 aliphatic carbocycles. The standard InChI is InChI=1S/C13H17BrN2O2/c1-9(17)16-7-5-10(6-8-16)12-4-3-11(14)13(18)15(12)2/h3-4,10H,5-8H2,1-2H3. The number of piperidine rings is 1. The Morgan fingerprint density at radius 2 is 1.94 bits per heavy atom. The van der Waals surface area contributed by atoms with Crippen LogP contribution < -0.4 is 5.56 Å². The number of carbonyl (C=O) groups excluding carboxylic acids is 1. The normalized spacial score (nSPS) is 16.9. The molecule has 98 valence electrons. The van der Waals surface area contributed by atoms with E-state index in [0.29, 0.717) is 10.4 Å². The average Bonchev–Trinajstić information content (AvgIpc) is 2.36. The van der Waals surface area contributed by atoms with Gasteiger partial charge in [0.2, 0.25) is 5.91 Å². The molecule has 0 radical (unpaired) electrons. The fraction of sp³-hybridized carbons (Fsp3) is 0.538. The highest BCUT2D eigenvalue weighted by Gasteiger charge is 2.23. The predicted octanol–water partition coefficient (Wildman–Crippen LogP) is 1.87. The summed E-state index contributed by atoms with van der Waals surface area (Å²) in [4.78, 5) is 25.0. The summed E-state index contributed by atoms with van der Waals surface area (Å²) in [7, 11) is 1.81. The van der Waals surface area contributed by atoms with Gasteiger partial charge in [0.1, 0.15) is 0 Å². The van der Waals surface area contributed by atoms with Crippen molar-refractivity contribution in [3.8, 4) is 0 Å². The van der Waals surface area contributed by atoms with Crippen molar-refractivity contribution in [2.45, 2.75) is 25.7 Å². The average molecular weight is 313 g/mol. The van der Waals surface area contributed by atoms with Crippen molar-refractivity contribution < 1.29 is 4.79 Å². The van der Waals surface area contributed by atoms with Gasteiger partial charge in [-0.25, -0.2) is 0 Å². The lowest BCUT2D eigenvalue weighted by atomic mass is 9.92. The van der Waals surface area contributed by atoms with Crippen LogP contribution >= 0.6 is 15.9 Å². The number of carbonyl (C=O) groups is 1. The first kappa shape index (κ1) is 13.3. The van der Waals surface area contributed by atoms with Crippen molar-refractivity contribution >= 4 is 21.8 Å². The molecule has 2 rings (SSSR count). The first-order chi connectivity index (χ1) is 8.50. The molecule has 1 amide bonds. The molecule has 18 heavy (non-hydrogen) atoms. The minimum Gasteiger partial charge on any atom is -0.343 e. The Labute approximate surface area is 115 Å². The van der Waals surface area contributed by atoms with Crippen LogP contribution in [0.4, 0.5) is 0 Å². The van der Waals surface area contributed by atoms with Crippen LogP contribution in [0.5, 0.6) is 0 Å². The molecule has 0 bridgehead atoms. The molecule has 0 unspecified atom stereocenters. The van der Waals surface area contributed by atoms with Gasteiger partial charge in [-0.3, -0.25) is 9.59 Å². The molecule has 0 atom stereocenters. The Morgan fingerprint density at radius 3 is 2.50 bits per heavy atom.